The lowest BCUT2D eigenvalue weighted by Crippen LogP contribution is -2.47. The van der Waals surface area contributed by atoms with Crippen molar-refractivity contribution in [2.24, 2.45) is 5.92 Å². The molecule has 0 aliphatic carbocycles. The van der Waals surface area contributed by atoms with Crippen LogP contribution in [0.3, 0.4) is 0 Å². The smallest absolute Gasteiger partial charge is 0.252 e. The van der Waals surface area contributed by atoms with E-state index in [1.54, 1.807) is 24.4 Å². The molecule has 0 saturated carbocycles. The molecule has 36 heavy (non-hydrogen) atoms. The zero-order valence-electron chi connectivity index (χ0n) is 19.8. The third kappa shape index (κ3) is 7.42. The van der Waals surface area contributed by atoms with Gasteiger partial charge in [-0.1, -0.05) is 25.4 Å². The molecule has 192 valence electrons. The Morgan fingerprint density at radius 1 is 1.03 bits per heavy atom. The van der Waals surface area contributed by atoms with E-state index in [-0.39, 0.29) is 41.3 Å². The van der Waals surface area contributed by atoms with Crippen LogP contribution < -0.4 is 15.4 Å². The van der Waals surface area contributed by atoms with Gasteiger partial charge in [0, 0.05) is 31.0 Å². The van der Waals surface area contributed by atoms with Crippen molar-refractivity contribution in [2.45, 2.75) is 37.6 Å². The van der Waals surface area contributed by atoms with Gasteiger partial charge in [-0.05, 0) is 55.2 Å². The predicted molar refractivity (Wildman–Crippen MR) is 134 cm³/mol. The highest BCUT2D eigenvalue weighted by Crippen LogP contribution is 2.21. The summed E-state index contributed by atoms with van der Waals surface area (Å²) in [5.74, 6) is -1.29. The van der Waals surface area contributed by atoms with Crippen LogP contribution in [0.15, 0.2) is 53.7 Å². The average Bonchev–Trinajstić information content (AvgIpc) is 2.82. The first-order valence-electron chi connectivity index (χ1n) is 11.3. The van der Waals surface area contributed by atoms with E-state index in [4.69, 9.17) is 11.6 Å². The summed E-state index contributed by atoms with van der Waals surface area (Å²) >= 11 is 5.83. The van der Waals surface area contributed by atoms with E-state index in [1.165, 1.54) is 6.20 Å². The summed E-state index contributed by atoms with van der Waals surface area (Å²) in [6.07, 6.45) is 3.80. The second-order valence-corrected chi connectivity index (χ2v) is 10.7. The number of amides is 2. The monoisotopic (exact) mass is 535 g/mol. The fourth-order valence-corrected chi connectivity index (χ4v) is 5.05. The molecule has 0 fully saturated rings. The molecule has 3 N–H and O–H groups in total. The van der Waals surface area contributed by atoms with E-state index in [0.717, 1.165) is 18.2 Å². The Bertz CT molecular complexity index is 1350. The van der Waals surface area contributed by atoms with E-state index in [1.807, 2.05) is 13.8 Å². The van der Waals surface area contributed by atoms with E-state index in [2.05, 4.69) is 25.3 Å². The normalized spacial score (nSPS) is 12.5. The first-order valence-corrected chi connectivity index (χ1v) is 13.2. The maximum Gasteiger partial charge on any atom is 0.252 e. The number of benzene rings is 2. The Kier molecular flexibility index (Phi) is 9.30. The molecule has 9 nitrogen and oxygen atoms in total. The zero-order chi connectivity index (χ0) is 26.3. The standard InChI is InChI=1S/C24H27ClFN5O4S/c1-15(2)12-21(31-23(32)16-4-6-19-20(13-16)28-11-10-27-19)24(33)29-8-3-9-30-36(34,35)22-7-5-17(26)14-18(22)25/h4-7,10-11,13-15,21,30H,3,8-9,12H2,1-2H3,(H,29,33)(H,31,32)/t21-/m0/s1. The van der Waals surface area contributed by atoms with Gasteiger partial charge < -0.3 is 10.6 Å². The molecule has 0 bridgehead atoms. The summed E-state index contributed by atoms with van der Waals surface area (Å²) in [6, 6.07) is 7.17. The van der Waals surface area contributed by atoms with Crippen LogP contribution in [0.5, 0.6) is 0 Å². The highest BCUT2D eigenvalue weighted by Gasteiger charge is 2.23. The van der Waals surface area contributed by atoms with Crippen molar-refractivity contribution in [3.63, 3.8) is 0 Å². The summed E-state index contributed by atoms with van der Waals surface area (Å²) in [5, 5.41) is 5.28. The third-order valence-electron chi connectivity index (χ3n) is 5.19. The van der Waals surface area contributed by atoms with Crippen LogP contribution in [0.2, 0.25) is 5.02 Å². The first-order chi connectivity index (χ1) is 17.1. The van der Waals surface area contributed by atoms with Gasteiger partial charge in [0.15, 0.2) is 0 Å². The van der Waals surface area contributed by atoms with Gasteiger partial charge >= 0.3 is 0 Å². The Morgan fingerprint density at radius 2 is 1.75 bits per heavy atom. The minimum Gasteiger partial charge on any atom is -0.354 e. The fraction of sp³-hybridized carbons (Fsp3) is 0.333. The molecular weight excluding hydrogens is 509 g/mol. The number of hydrogen-bond donors (Lipinski definition) is 3. The number of rotatable bonds is 11. The molecule has 1 aromatic heterocycles. The number of nitrogens with zero attached hydrogens (tertiary/aromatic N) is 2. The minimum absolute atomic E-state index is 0.0235. The van der Waals surface area contributed by atoms with Gasteiger partial charge in [0.1, 0.15) is 16.8 Å². The number of aromatic nitrogens is 2. The Balaban J connectivity index is 1.53. The molecule has 12 heteroatoms. The number of carbonyl (C=O) groups excluding carboxylic acids is 2. The number of sulfonamides is 1. The molecule has 0 saturated heterocycles. The molecule has 0 radical (unpaired) electrons. The topological polar surface area (TPSA) is 130 Å². The van der Waals surface area contributed by atoms with E-state index in [9.17, 15) is 22.4 Å². The summed E-state index contributed by atoms with van der Waals surface area (Å²) in [7, 11) is -3.93. The molecule has 1 atom stereocenters. The maximum atomic E-state index is 13.2. The molecule has 0 aliphatic heterocycles. The summed E-state index contributed by atoms with van der Waals surface area (Å²) in [6.45, 7) is 4.07. The van der Waals surface area contributed by atoms with Crippen LogP contribution in [-0.4, -0.2) is 49.3 Å². The van der Waals surface area contributed by atoms with Crippen molar-refractivity contribution in [1.29, 1.82) is 0 Å². The van der Waals surface area contributed by atoms with Crippen LogP contribution in [0.1, 0.15) is 37.0 Å². The second kappa shape index (κ2) is 12.2. The number of halogens is 2. The molecular formula is C24H27ClFN5O4S. The van der Waals surface area contributed by atoms with Crippen LogP contribution in [0.25, 0.3) is 11.0 Å². The number of fused-ring (bicyclic) bond motifs is 1. The maximum absolute atomic E-state index is 13.2. The SMILES string of the molecule is CC(C)C[C@H](NC(=O)c1ccc2nccnc2c1)C(=O)NCCCNS(=O)(=O)c1ccc(F)cc1Cl. The lowest BCUT2D eigenvalue weighted by Gasteiger charge is -2.20. The largest absolute Gasteiger partial charge is 0.354 e. The van der Waals surface area contributed by atoms with E-state index in [0.29, 0.717) is 23.0 Å². The fourth-order valence-electron chi connectivity index (χ4n) is 3.45. The van der Waals surface area contributed by atoms with Crippen molar-refractivity contribution in [3.05, 3.63) is 65.2 Å². The quantitative estimate of drug-likeness (QED) is 0.323. The highest BCUT2D eigenvalue weighted by molar-refractivity contribution is 7.89. The number of hydrogen-bond acceptors (Lipinski definition) is 6. The predicted octanol–water partition coefficient (Wildman–Crippen LogP) is 3.05. The van der Waals surface area contributed by atoms with Crippen molar-refractivity contribution < 1.29 is 22.4 Å². The van der Waals surface area contributed by atoms with E-state index < -0.39 is 27.8 Å². The van der Waals surface area contributed by atoms with Crippen LogP contribution in [-0.2, 0) is 14.8 Å². The van der Waals surface area contributed by atoms with Crippen molar-refractivity contribution in [1.82, 2.24) is 25.3 Å². The molecule has 0 aliphatic rings. The van der Waals surface area contributed by atoms with Crippen molar-refractivity contribution >= 4 is 44.5 Å². The molecule has 2 aromatic carbocycles. The Labute approximate surface area is 213 Å². The van der Waals surface area contributed by atoms with Crippen molar-refractivity contribution in [2.75, 3.05) is 13.1 Å². The van der Waals surface area contributed by atoms with Gasteiger partial charge in [-0.25, -0.2) is 17.5 Å². The average molecular weight is 536 g/mol. The minimum atomic E-state index is -3.93. The van der Waals surface area contributed by atoms with Gasteiger partial charge in [0.25, 0.3) is 5.91 Å². The van der Waals surface area contributed by atoms with Crippen LogP contribution in [0, 0.1) is 11.7 Å². The summed E-state index contributed by atoms with van der Waals surface area (Å²) in [5.41, 5.74) is 1.58. The molecule has 0 spiro atoms. The number of nitrogens with one attached hydrogen (secondary N) is 3. The molecule has 3 aromatic rings. The van der Waals surface area contributed by atoms with E-state index >= 15 is 0 Å². The van der Waals surface area contributed by atoms with Gasteiger partial charge in [0.05, 0.1) is 16.1 Å². The van der Waals surface area contributed by atoms with Gasteiger partial charge in [-0.3, -0.25) is 19.6 Å². The van der Waals surface area contributed by atoms with Crippen LogP contribution >= 0.6 is 11.6 Å². The number of carbonyl (C=O) groups is 2. The van der Waals surface area contributed by atoms with Crippen LogP contribution in [0.4, 0.5) is 4.39 Å². The van der Waals surface area contributed by atoms with Gasteiger partial charge in [-0.2, -0.15) is 0 Å². The highest BCUT2D eigenvalue weighted by atomic mass is 35.5. The van der Waals surface area contributed by atoms with Crippen molar-refractivity contribution in [3.8, 4) is 0 Å². The molecule has 3 rings (SSSR count). The first kappa shape index (κ1) is 27.4. The summed E-state index contributed by atoms with van der Waals surface area (Å²) in [4.78, 5) is 33.7. The zero-order valence-corrected chi connectivity index (χ0v) is 21.4. The molecule has 2 amide bonds. The second-order valence-electron chi connectivity index (χ2n) is 8.53. The summed E-state index contributed by atoms with van der Waals surface area (Å²) < 4.78 is 40.3. The lowest BCUT2D eigenvalue weighted by molar-refractivity contribution is -0.123. The molecule has 0 unspecified atom stereocenters. The Morgan fingerprint density at radius 3 is 2.44 bits per heavy atom. The molecule has 1 heterocycles. The van der Waals surface area contributed by atoms with Gasteiger partial charge in [0.2, 0.25) is 15.9 Å². The Hall–Kier alpha value is -3.15. The van der Waals surface area contributed by atoms with Gasteiger partial charge in [-0.15, -0.1) is 0 Å². The lowest BCUT2D eigenvalue weighted by atomic mass is 10.0. The third-order valence-corrected chi connectivity index (χ3v) is 7.13.